The number of rotatable bonds is 1. The Morgan fingerprint density at radius 1 is 1.22 bits per heavy atom. The van der Waals surface area contributed by atoms with E-state index in [9.17, 15) is 4.39 Å². The number of benzene rings is 1. The molecular weight excluding hydrogens is 231 g/mol. The Balaban J connectivity index is 2.38. The highest BCUT2D eigenvalue weighted by atomic mass is 19.1. The summed E-state index contributed by atoms with van der Waals surface area (Å²) >= 11 is 0. The normalized spacial score (nSPS) is 11.0. The third kappa shape index (κ3) is 1.44. The predicted molar refractivity (Wildman–Crippen MR) is 68.0 cm³/mol. The van der Waals surface area contributed by atoms with Gasteiger partial charge in [-0.3, -0.25) is 4.57 Å². The summed E-state index contributed by atoms with van der Waals surface area (Å²) in [6, 6.07) is 8.47. The van der Waals surface area contributed by atoms with Gasteiger partial charge in [-0.2, -0.15) is 0 Å². The zero-order valence-corrected chi connectivity index (χ0v) is 9.76. The topological polar surface area (TPSA) is 56.7 Å². The van der Waals surface area contributed by atoms with Crippen LogP contribution in [0.5, 0.6) is 0 Å². The van der Waals surface area contributed by atoms with Crippen molar-refractivity contribution in [1.82, 2.24) is 14.5 Å². The number of fused-ring (bicyclic) bond motifs is 1. The number of halogens is 1. The van der Waals surface area contributed by atoms with Crippen LogP contribution < -0.4 is 5.73 Å². The van der Waals surface area contributed by atoms with Crippen LogP contribution in [-0.4, -0.2) is 14.5 Å². The number of pyridine rings is 1. The molecule has 0 atom stereocenters. The SMILES string of the molecule is Cc1c(F)cccc1-n1c(N)nc2cccnc21. The molecule has 4 nitrogen and oxygen atoms in total. The van der Waals surface area contributed by atoms with Crippen molar-refractivity contribution < 1.29 is 4.39 Å². The molecular formula is C13H11FN4. The number of nitrogens with zero attached hydrogens (tertiary/aromatic N) is 3. The molecule has 0 aliphatic heterocycles. The van der Waals surface area contributed by atoms with Crippen LogP contribution in [0.4, 0.5) is 10.3 Å². The molecule has 0 bridgehead atoms. The predicted octanol–water partition coefficient (Wildman–Crippen LogP) is 2.45. The van der Waals surface area contributed by atoms with Gasteiger partial charge in [-0.1, -0.05) is 6.07 Å². The molecule has 0 saturated carbocycles. The van der Waals surface area contributed by atoms with Crippen molar-refractivity contribution in [1.29, 1.82) is 0 Å². The Bertz CT molecular complexity index is 733. The number of nitrogens with two attached hydrogens (primary N) is 1. The van der Waals surface area contributed by atoms with Gasteiger partial charge in [-0.25, -0.2) is 14.4 Å². The van der Waals surface area contributed by atoms with Crippen molar-refractivity contribution in [2.75, 3.05) is 5.73 Å². The maximum Gasteiger partial charge on any atom is 0.207 e. The molecule has 3 rings (SSSR count). The van der Waals surface area contributed by atoms with Crippen LogP contribution in [0.1, 0.15) is 5.56 Å². The molecule has 0 unspecified atom stereocenters. The van der Waals surface area contributed by atoms with Crippen molar-refractivity contribution in [3.05, 3.63) is 47.9 Å². The van der Waals surface area contributed by atoms with Gasteiger partial charge in [-0.15, -0.1) is 0 Å². The van der Waals surface area contributed by atoms with E-state index >= 15 is 0 Å². The molecule has 0 saturated heterocycles. The number of hydrogen-bond acceptors (Lipinski definition) is 3. The zero-order chi connectivity index (χ0) is 12.7. The van der Waals surface area contributed by atoms with Crippen molar-refractivity contribution in [2.24, 2.45) is 0 Å². The van der Waals surface area contributed by atoms with Gasteiger partial charge in [0.05, 0.1) is 5.69 Å². The molecule has 90 valence electrons. The maximum atomic E-state index is 13.6. The smallest absolute Gasteiger partial charge is 0.207 e. The summed E-state index contributed by atoms with van der Waals surface area (Å²) in [4.78, 5) is 8.46. The second-order valence-electron chi connectivity index (χ2n) is 4.04. The van der Waals surface area contributed by atoms with E-state index in [2.05, 4.69) is 9.97 Å². The molecule has 0 aliphatic carbocycles. The molecule has 3 aromatic rings. The molecule has 1 aromatic carbocycles. The van der Waals surface area contributed by atoms with Crippen LogP contribution in [0.2, 0.25) is 0 Å². The highest BCUT2D eigenvalue weighted by Gasteiger charge is 2.13. The van der Waals surface area contributed by atoms with Gasteiger partial charge >= 0.3 is 0 Å². The van der Waals surface area contributed by atoms with Crippen molar-refractivity contribution >= 4 is 17.1 Å². The zero-order valence-electron chi connectivity index (χ0n) is 9.76. The van der Waals surface area contributed by atoms with E-state index in [4.69, 9.17) is 5.73 Å². The van der Waals surface area contributed by atoms with Crippen LogP contribution in [0.15, 0.2) is 36.5 Å². The molecule has 5 heteroatoms. The average molecular weight is 242 g/mol. The Morgan fingerprint density at radius 3 is 2.89 bits per heavy atom. The summed E-state index contributed by atoms with van der Waals surface area (Å²) in [6.45, 7) is 1.71. The Labute approximate surface area is 103 Å². The molecule has 0 fully saturated rings. The first kappa shape index (κ1) is 10.7. The summed E-state index contributed by atoms with van der Waals surface area (Å²) in [5, 5.41) is 0. The second-order valence-corrected chi connectivity index (χ2v) is 4.04. The van der Waals surface area contributed by atoms with E-state index in [-0.39, 0.29) is 5.82 Å². The minimum absolute atomic E-state index is 0.273. The van der Waals surface area contributed by atoms with Crippen LogP contribution in [0.25, 0.3) is 16.9 Å². The molecule has 2 heterocycles. The number of nitrogen functional groups attached to an aromatic ring is 1. The maximum absolute atomic E-state index is 13.6. The summed E-state index contributed by atoms with van der Waals surface area (Å²) in [5.74, 6) is 0.0297. The molecule has 18 heavy (non-hydrogen) atoms. The number of aromatic nitrogens is 3. The summed E-state index contributed by atoms with van der Waals surface area (Å²) in [6.07, 6.45) is 1.66. The standard InChI is InChI=1S/C13H11FN4/c1-8-9(14)4-2-6-11(8)18-12-10(17-13(18)15)5-3-7-16-12/h2-7H,1H3,(H2,15,17). The fourth-order valence-corrected chi connectivity index (χ4v) is 2.01. The largest absolute Gasteiger partial charge is 0.369 e. The quantitative estimate of drug-likeness (QED) is 0.713. The lowest BCUT2D eigenvalue weighted by Gasteiger charge is -2.09. The number of anilines is 1. The summed E-state index contributed by atoms with van der Waals surface area (Å²) in [7, 11) is 0. The first-order valence-corrected chi connectivity index (χ1v) is 5.53. The van der Waals surface area contributed by atoms with E-state index in [1.807, 2.05) is 6.07 Å². The molecule has 2 aromatic heterocycles. The van der Waals surface area contributed by atoms with Gasteiger partial charge in [0, 0.05) is 11.8 Å². The van der Waals surface area contributed by atoms with E-state index in [1.54, 1.807) is 35.9 Å². The summed E-state index contributed by atoms with van der Waals surface area (Å²) < 4.78 is 15.3. The van der Waals surface area contributed by atoms with E-state index in [0.717, 1.165) is 0 Å². The van der Waals surface area contributed by atoms with Crippen molar-refractivity contribution in [3.8, 4) is 5.69 Å². The molecule has 0 radical (unpaired) electrons. The average Bonchev–Trinajstić information content (AvgIpc) is 2.69. The second kappa shape index (κ2) is 3.80. The number of imidazole rings is 1. The minimum atomic E-state index is -0.273. The van der Waals surface area contributed by atoms with Crippen molar-refractivity contribution in [3.63, 3.8) is 0 Å². The summed E-state index contributed by atoms with van der Waals surface area (Å²) in [5.41, 5.74) is 8.40. The minimum Gasteiger partial charge on any atom is -0.369 e. The van der Waals surface area contributed by atoms with Gasteiger partial charge in [0.25, 0.3) is 0 Å². The molecule has 0 spiro atoms. The highest BCUT2D eigenvalue weighted by Crippen LogP contribution is 2.24. The fraction of sp³-hybridized carbons (Fsp3) is 0.0769. The van der Waals surface area contributed by atoms with Crippen LogP contribution in [0, 0.1) is 12.7 Å². The van der Waals surface area contributed by atoms with Crippen LogP contribution in [-0.2, 0) is 0 Å². The third-order valence-corrected chi connectivity index (χ3v) is 2.92. The van der Waals surface area contributed by atoms with E-state index in [1.165, 1.54) is 6.07 Å². The van der Waals surface area contributed by atoms with Gasteiger partial charge < -0.3 is 5.73 Å². The Hall–Kier alpha value is -2.43. The Morgan fingerprint density at radius 2 is 2.06 bits per heavy atom. The van der Waals surface area contributed by atoms with E-state index < -0.39 is 0 Å². The van der Waals surface area contributed by atoms with Gasteiger partial charge in [-0.05, 0) is 31.2 Å². The first-order chi connectivity index (χ1) is 8.68. The lowest BCUT2D eigenvalue weighted by molar-refractivity contribution is 0.617. The fourth-order valence-electron chi connectivity index (χ4n) is 2.01. The first-order valence-electron chi connectivity index (χ1n) is 5.53. The van der Waals surface area contributed by atoms with Gasteiger partial charge in [0.15, 0.2) is 5.65 Å². The number of hydrogen-bond donors (Lipinski definition) is 1. The monoisotopic (exact) mass is 242 g/mol. The van der Waals surface area contributed by atoms with Crippen molar-refractivity contribution in [2.45, 2.75) is 6.92 Å². The Kier molecular flexibility index (Phi) is 2.26. The van der Waals surface area contributed by atoms with E-state index in [0.29, 0.717) is 28.4 Å². The van der Waals surface area contributed by atoms with Gasteiger partial charge in [0.2, 0.25) is 5.95 Å². The van der Waals surface area contributed by atoms with Crippen LogP contribution in [0.3, 0.4) is 0 Å². The van der Waals surface area contributed by atoms with Gasteiger partial charge in [0.1, 0.15) is 11.3 Å². The lowest BCUT2D eigenvalue weighted by Crippen LogP contribution is -2.04. The molecule has 0 aliphatic rings. The highest BCUT2D eigenvalue weighted by molar-refractivity contribution is 5.77. The molecule has 2 N–H and O–H groups in total. The lowest BCUT2D eigenvalue weighted by atomic mass is 10.2. The molecule has 0 amide bonds. The third-order valence-electron chi connectivity index (χ3n) is 2.92. The van der Waals surface area contributed by atoms with Crippen LogP contribution >= 0.6 is 0 Å².